The Hall–Kier alpha value is -3.46. The first-order valence-corrected chi connectivity index (χ1v) is 7.28. The molecule has 24 heavy (non-hydrogen) atoms. The lowest BCUT2D eigenvalue weighted by Crippen LogP contribution is -2.03. The van der Waals surface area contributed by atoms with E-state index in [0.29, 0.717) is 23.0 Å². The highest BCUT2D eigenvalue weighted by molar-refractivity contribution is 5.61. The largest absolute Gasteiger partial charge is 0.340 e. The Balaban J connectivity index is 1.86. The van der Waals surface area contributed by atoms with Crippen molar-refractivity contribution in [2.24, 2.45) is 0 Å². The molecule has 3 rings (SSSR count). The molecule has 0 saturated heterocycles. The number of nitriles is 1. The minimum absolute atomic E-state index is 0.291. The molecule has 0 amide bonds. The molecule has 0 aliphatic heterocycles. The van der Waals surface area contributed by atoms with E-state index in [-0.39, 0.29) is 5.82 Å². The number of anilines is 4. The second kappa shape index (κ2) is 6.75. The Morgan fingerprint density at radius 2 is 1.83 bits per heavy atom. The van der Waals surface area contributed by atoms with Crippen LogP contribution in [0.2, 0.25) is 0 Å². The molecule has 0 radical (unpaired) electrons. The van der Waals surface area contributed by atoms with Crippen LogP contribution >= 0.6 is 0 Å². The number of aromatic nitrogens is 2. The molecule has 0 atom stereocenters. The molecule has 0 saturated carbocycles. The molecular formula is C18H14FN5. The number of hydrogen-bond acceptors (Lipinski definition) is 5. The van der Waals surface area contributed by atoms with Crippen LogP contribution in [0.15, 0.2) is 54.6 Å². The number of nitrogens with one attached hydrogen (secondary N) is 2. The molecule has 0 aliphatic carbocycles. The van der Waals surface area contributed by atoms with Crippen molar-refractivity contribution < 1.29 is 4.39 Å². The molecule has 1 heterocycles. The summed E-state index contributed by atoms with van der Waals surface area (Å²) in [5.41, 5.74) is 2.32. The minimum atomic E-state index is -0.376. The van der Waals surface area contributed by atoms with E-state index >= 15 is 0 Å². The van der Waals surface area contributed by atoms with E-state index in [1.165, 1.54) is 6.07 Å². The maximum absolute atomic E-state index is 13.7. The van der Waals surface area contributed by atoms with Gasteiger partial charge in [0.2, 0.25) is 5.95 Å². The third-order valence-corrected chi connectivity index (χ3v) is 3.24. The van der Waals surface area contributed by atoms with Crippen molar-refractivity contribution in [3.63, 3.8) is 0 Å². The molecule has 0 bridgehead atoms. The summed E-state index contributed by atoms with van der Waals surface area (Å²) in [5, 5.41) is 15.0. The highest BCUT2D eigenvalue weighted by Crippen LogP contribution is 2.21. The van der Waals surface area contributed by atoms with Gasteiger partial charge in [-0.25, -0.2) is 9.37 Å². The maximum Gasteiger partial charge on any atom is 0.229 e. The van der Waals surface area contributed by atoms with Gasteiger partial charge < -0.3 is 10.6 Å². The van der Waals surface area contributed by atoms with Crippen molar-refractivity contribution >= 4 is 23.1 Å². The summed E-state index contributed by atoms with van der Waals surface area (Å²) in [6.07, 6.45) is 0. The van der Waals surface area contributed by atoms with Crippen LogP contribution in [0, 0.1) is 24.1 Å². The van der Waals surface area contributed by atoms with Gasteiger partial charge in [-0.2, -0.15) is 10.2 Å². The van der Waals surface area contributed by atoms with Crippen LogP contribution in [-0.2, 0) is 0 Å². The van der Waals surface area contributed by atoms with Crippen molar-refractivity contribution in [3.8, 4) is 6.07 Å². The lowest BCUT2D eigenvalue weighted by atomic mass is 10.2. The normalized spacial score (nSPS) is 10.0. The van der Waals surface area contributed by atoms with Crippen molar-refractivity contribution in [3.05, 3.63) is 71.7 Å². The Morgan fingerprint density at radius 3 is 2.62 bits per heavy atom. The Morgan fingerprint density at radius 1 is 1.00 bits per heavy atom. The van der Waals surface area contributed by atoms with E-state index in [4.69, 9.17) is 5.26 Å². The fraction of sp³-hybridized carbons (Fsp3) is 0.0556. The zero-order valence-corrected chi connectivity index (χ0v) is 12.9. The predicted octanol–water partition coefficient (Wildman–Crippen LogP) is 4.28. The van der Waals surface area contributed by atoms with Crippen LogP contribution in [0.25, 0.3) is 0 Å². The first kappa shape index (κ1) is 15.4. The molecule has 1 aromatic heterocycles. The van der Waals surface area contributed by atoms with Crippen molar-refractivity contribution in [2.75, 3.05) is 10.6 Å². The minimum Gasteiger partial charge on any atom is -0.340 e. The molecule has 2 N–H and O–H groups in total. The van der Waals surface area contributed by atoms with Gasteiger partial charge in [0.25, 0.3) is 0 Å². The van der Waals surface area contributed by atoms with Crippen molar-refractivity contribution in [1.29, 1.82) is 5.26 Å². The molecule has 0 aliphatic rings. The smallest absolute Gasteiger partial charge is 0.229 e. The summed E-state index contributed by atoms with van der Waals surface area (Å²) in [7, 11) is 0. The molecule has 6 heteroatoms. The number of para-hydroxylation sites is 1. The molecule has 118 valence electrons. The van der Waals surface area contributed by atoms with E-state index in [0.717, 1.165) is 11.4 Å². The zero-order chi connectivity index (χ0) is 16.9. The first-order chi connectivity index (χ1) is 11.6. The summed E-state index contributed by atoms with van der Waals surface area (Å²) in [6, 6.07) is 17.3. The van der Waals surface area contributed by atoms with Gasteiger partial charge in [-0.1, -0.05) is 18.2 Å². The summed E-state index contributed by atoms with van der Waals surface area (Å²) in [4.78, 5) is 8.60. The molecule has 0 spiro atoms. The third kappa shape index (κ3) is 3.65. The second-order valence-corrected chi connectivity index (χ2v) is 5.14. The number of rotatable bonds is 4. The number of nitrogens with zero attached hydrogens (tertiary/aromatic N) is 3. The molecule has 0 unspecified atom stereocenters. The Kier molecular flexibility index (Phi) is 4.34. The lowest BCUT2D eigenvalue weighted by Gasteiger charge is -2.10. The molecular weight excluding hydrogens is 305 g/mol. The average molecular weight is 319 g/mol. The fourth-order valence-electron chi connectivity index (χ4n) is 2.19. The maximum atomic E-state index is 13.7. The van der Waals surface area contributed by atoms with Crippen LogP contribution in [0.3, 0.4) is 0 Å². The summed E-state index contributed by atoms with van der Waals surface area (Å²) in [5.74, 6) is 0.467. The highest BCUT2D eigenvalue weighted by atomic mass is 19.1. The average Bonchev–Trinajstić information content (AvgIpc) is 2.56. The van der Waals surface area contributed by atoms with E-state index in [9.17, 15) is 4.39 Å². The second-order valence-electron chi connectivity index (χ2n) is 5.14. The van der Waals surface area contributed by atoms with Gasteiger partial charge >= 0.3 is 0 Å². The monoisotopic (exact) mass is 319 g/mol. The van der Waals surface area contributed by atoms with Crippen molar-refractivity contribution in [2.45, 2.75) is 6.92 Å². The quantitative estimate of drug-likeness (QED) is 0.750. The number of hydrogen-bond donors (Lipinski definition) is 2. The highest BCUT2D eigenvalue weighted by Gasteiger charge is 2.06. The topological polar surface area (TPSA) is 73.6 Å². The van der Waals surface area contributed by atoms with Crippen LogP contribution < -0.4 is 10.6 Å². The van der Waals surface area contributed by atoms with Crippen LogP contribution in [0.1, 0.15) is 11.3 Å². The van der Waals surface area contributed by atoms with E-state index < -0.39 is 0 Å². The van der Waals surface area contributed by atoms with Gasteiger partial charge in [-0.05, 0) is 37.3 Å². The third-order valence-electron chi connectivity index (χ3n) is 3.24. The summed E-state index contributed by atoms with van der Waals surface area (Å²) < 4.78 is 13.7. The summed E-state index contributed by atoms with van der Waals surface area (Å²) in [6.45, 7) is 1.82. The Labute approximate surface area is 138 Å². The zero-order valence-electron chi connectivity index (χ0n) is 12.9. The molecule has 3 aromatic rings. The summed E-state index contributed by atoms with van der Waals surface area (Å²) >= 11 is 0. The molecule has 2 aromatic carbocycles. The van der Waals surface area contributed by atoms with E-state index in [2.05, 4.69) is 26.7 Å². The van der Waals surface area contributed by atoms with Gasteiger partial charge in [-0.15, -0.1) is 0 Å². The van der Waals surface area contributed by atoms with Gasteiger partial charge in [-0.3, -0.25) is 0 Å². The van der Waals surface area contributed by atoms with Crippen LogP contribution in [0.4, 0.5) is 27.5 Å². The number of benzene rings is 2. The fourth-order valence-corrected chi connectivity index (χ4v) is 2.19. The van der Waals surface area contributed by atoms with E-state index in [1.54, 1.807) is 42.5 Å². The van der Waals surface area contributed by atoms with Crippen LogP contribution in [-0.4, -0.2) is 9.97 Å². The van der Waals surface area contributed by atoms with Gasteiger partial charge in [0.1, 0.15) is 11.6 Å². The van der Waals surface area contributed by atoms with E-state index in [1.807, 2.05) is 13.0 Å². The van der Waals surface area contributed by atoms with Gasteiger partial charge in [0.15, 0.2) is 0 Å². The van der Waals surface area contributed by atoms with Gasteiger partial charge in [0.05, 0.1) is 17.3 Å². The number of aryl methyl sites for hydroxylation is 1. The molecule has 0 fully saturated rings. The lowest BCUT2D eigenvalue weighted by molar-refractivity contribution is 0.631. The number of halogens is 1. The van der Waals surface area contributed by atoms with Crippen LogP contribution in [0.5, 0.6) is 0 Å². The standard InChI is InChI=1S/C18H14FN5/c1-12-9-17(22-14-6-4-5-13(10-14)11-20)24-18(21-12)23-16-8-3-2-7-15(16)19/h2-10H,1H3,(H2,21,22,23,24). The first-order valence-electron chi connectivity index (χ1n) is 7.28. The SMILES string of the molecule is Cc1cc(Nc2cccc(C#N)c2)nc(Nc2ccccc2F)n1. The van der Waals surface area contributed by atoms with Crippen molar-refractivity contribution in [1.82, 2.24) is 9.97 Å². The predicted molar refractivity (Wildman–Crippen MR) is 90.9 cm³/mol. The Bertz CT molecular complexity index is 917. The van der Waals surface area contributed by atoms with Gasteiger partial charge in [0, 0.05) is 17.4 Å². The molecule has 5 nitrogen and oxygen atoms in total.